The van der Waals surface area contributed by atoms with Crippen molar-refractivity contribution in [1.29, 1.82) is 0 Å². The van der Waals surface area contributed by atoms with Crippen LogP contribution in [-0.4, -0.2) is 0 Å². The predicted molar refractivity (Wildman–Crippen MR) is 62.3 cm³/mol. The third-order valence-electron chi connectivity index (χ3n) is 2.33. The largest absolute Gasteiger partial charge is 0.326 e. The van der Waals surface area contributed by atoms with Crippen LogP contribution in [0.2, 0.25) is 0 Å². The Kier molecular flexibility index (Phi) is 2.84. The molecule has 15 heavy (non-hydrogen) atoms. The maximum absolute atomic E-state index is 13.2. The van der Waals surface area contributed by atoms with Crippen LogP contribution in [0.5, 0.6) is 0 Å². The van der Waals surface area contributed by atoms with Gasteiger partial charge in [0.15, 0.2) is 0 Å². The summed E-state index contributed by atoms with van der Waals surface area (Å²) >= 11 is 1.69. The van der Waals surface area contributed by atoms with Crippen molar-refractivity contribution in [3.63, 3.8) is 0 Å². The molecule has 0 unspecified atom stereocenters. The first-order valence-corrected chi connectivity index (χ1v) is 5.62. The number of hydrogen-bond donors (Lipinski definition) is 1. The molecule has 0 radical (unpaired) electrons. The first-order chi connectivity index (χ1) is 7.20. The molecule has 2 aromatic rings. The van der Waals surface area contributed by atoms with Crippen LogP contribution in [0, 0.1) is 12.7 Å². The average molecular weight is 221 g/mol. The average Bonchev–Trinajstić information content (AvgIpc) is 2.66. The quantitative estimate of drug-likeness (QED) is 0.827. The molecule has 1 aromatic carbocycles. The van der Waals surface area contributed by atoms with Crippen molar-refractivity contribution in [2.75, 3.05) is 0 Å². The minimum atomic E-state index is -0.229. The minimum Gasteiger partial charge on any atom is -0.326 e. The molecule has 0 saturated heterocycles. The Morgan fingerprint density at radius 3 is 2.67 bits per heavy atom. The summed E-state index contributed by atoms with van der Waals surface area (Å²) in [4.78, 5) is 1.25. The molecule has 0 amide bonds. The molecule has 0 saturated carbocycles. The summed E-state index contributed by atoms with van der Waals surface area (Å²) in [5.74, 6) is -0.229. The van der Waals surface area contributed by atoms with E-state index in [9.17, 15) is 4.39 Å². The molecule has 0 aliphatic carbocycles. The summed E-state index contributed by atoms with van der Waals surface area (Å²) in [6.45, 7) is 2.30. The minimum absolute atomic E-state index is 0.229. The Labute approximate surface area is 92.4 Å². The van der Waals surface area contributed by atoms with Crippen molar-refractivity contribution >= 4 is 11.3 Å². The lowest BCUT2D eigenvalue weighted by Gasteiger charge is -2.03. The van der Waals surface area contributed by atoms with E-state index in [0.717, 1.165) is 11.1 Å². The van der Waals surface area contributed by atoms with Gasteiger partial charge in [-0.25, -0.2) is 4.39 Å². The van der Waals surface area contributed by atoms with Gasteiger partial charge in [0, 0.05) is 17.0 Å². The molecule has 78 valence electrons. The smallest absolute Gasteiger partial charge is 0.127 e. The highest BCUT2D eigenvalue weighted by Gasteiger charge is 2.04. The van der Waals surface area contributed by atoms with E-state index in [1.807, 2.05) is 6.07 Å². The van der Waals surface area contributed by atoms with Crippen molar-refractivity contribution < 1.29 is 4.39 Å². The lowest BCUT2D eigenvalue weighted by molar-refractivity contribution is 0.611. The second kappa shape index (κ2) is 4.13. The zero-order valence-electron chi connectivity index (χ0n) is 8.46. The SMILES string of the molecule is Cc1cc(-c2ccc(F)c(CN)c2)cs1. The fourth-order valence-corrected chi connectivity index (χ4v) is 2.22. The third kappa shape index (κ3) is 2.08. The molecule has 2 N–H and O–H groups in total. The summed E-state index contributed by atoms with van der Waals surface area (Å²) < 4.78 is 13.2. The molecule has 0 bridgehead atoms. The number of halogens is 1. The first kappa shape index (κ1) is 10.3. The molecule has 1 heterocycles. The number of rotatable bonds is 2. The van der Waals surface area contributed by atoms with E-state index in [0.29, 0.717) is 5.56 Å². The van der Waals surface area contributed by atoms with Crippen LogP contribution >= 0.6 is 11.3 Å². The van der Waals surface area contributed by atoms with Crippen LogP contribution in [0.3, 0.4) is 0 Å². The maximum Gasteiger partial charge on any atom is 0.127 e. The zero-order valence-corrected chi connectivity index (χ0v) is 9.27. The maximum atomic E-state index is 13.2. The summed E-state index contributed by atoms with van der Waals surface area (Å²) in [5, 5.41) is 2.07. The van der Waals surface area contributed by atoms with Gasteiger partial charge in [-0.1, -0.05) is 6.07 Å². The predicted octanol–water partition coefficient (Wildman–Crippen LogP) is 3.32. The Morgan fingerprint density at radius 2 is 2.07 bits per heavy atom. The highest BCUT2D eigenvalue weighted by molar-refractivity contribution is 7.10. The lowest BCUT2D eigenvalue weighted by Crippen LogP contribution is -1.99. The van der Waals surface area contributed by atoms with E-state index in [-0.39, 0.29) is 12.4 Å². The van der Waals surface area contributed by atoms with E-state index in [2.05, 4.69) is 18.4 Å². The second-order valence-corrected chi connectivity index (χ2v) is 4.57. The Balaban J connectivity index is 2.45. The summed E-state index contributed by atoms with van der Waals surface area (Å²) in [6.07, 6.45) is 0. The number of benzene rings is 1. The second-order valence-electron chi connectivity index (χ2n) is 3.46. The number of aryl methyl sites for hydroxylation is 1. The van der Waals surface area contributed by atoms with Crippen LogP contribution in [-0.2, 0) is 6.54 Å². The molecule has 0 aliphatic heterocycles. The lowest BCUT2D eigenvalue weighted by atomic mass is 10.1. The van der Waals surface area contributed by atoms with Crippen LogP contribution in [0.15, 0.2) is 29.6 Å². The van der Waals surface area contributed by atoms with Gasteiger partial charge in [-0.15, -0.1) is 11.3 Å². The van der Waals surface area contributed by atoms with Gasteiger partial charge in [0.25, 0.3) is 0 Å². The van der Waals surface area contributed by atoms with Gasteiger partial charge in [-0.3, -0.25) is 0 Å². The molecule has 0 spiro atoms. The molecule has 3 heteroatoms. The first-order valence-electron chi connectivity index (χ1n) is 4.74. The van der Waals surface area contributed by atoms with Gasteiger partial charge < -0.3 is 5.73 Å². The molecule has 0 atom stereocenters. The van der Waals surface area contributed by atoms with Crippen LogP contribution in [0.4, 0.5) is 4.39 Å². The van der Waals surface area contributed by atoms with Crippen LogP contribution < -0.4 is 5.73 Å². The van der Waals surface area contributed by atoms with E-state index in [1.54, 1.807) is 17.4 Å². The van der Waals surface area contributed by atoms with E-state index in [1.165, 1.54) is 10.9 Å². The van der Waals surface area contributed by atoms with Gasteiger partial charge in [0.1, 0.15) is 5.82 Å². The Morgan fingerprint density at radius 1 is 1.27 bits per heavy atom. The molecule has 0 aliphatic rings. The molecule has 1 aromatic heterocycles. The molecular formula is C12H12FNS. The number of nitrogens with two attached hydrogens (primary N) is 1. The highest BCUT2D eigenvalue weighted by Crippen LogP contribution is 2.26. The van der Waals surface area contributed by atoms with Crippen LogP contribution in [0.1, 0.15) is 10.4 Å². The molecular weight excluding hydrogens is 209 g/mol. The molecule has 0 fully saturated rings. The van der Waals surface area contributed by atoms with Gasteiger partial charge in [0.05, 0.1) is 0 Å². The van der Waals surface area contributed by atoms with Gasteiger partial charge in [-0.2, -0.15) is 0 Å². The van der Waals surface area contributed by atoms with Crippen molar-refractivity contribution in [3.8, 4) is 11.1 Å². The zero-order chi connectivity index (χ0) is 10.8. The van der Waals surface area contributed by atoms with Crippen LogP contribution in [0.25, 0.3) is 11.1 Å². The Bertz CT molecular complexity index is 476. The summed E-state index contributed by atoms with van der Waals surface area (Å²) in [5.41, 5.74) is 8.19. The van der Waals surface area contributed by atoms with Gasteiger partial charge >= 0.3 is 0 Å². The summed E-state index contributed by atoms with van der Waals surface area (Å²) in [7, 11) is 0. The van der Waals surface area contributed by atoms with E-state index < -0.39 is 0 Å². The van der Waals surface area contributed by atoms with Crippen molar-refractivity contribution in [3.05, 3.63) is 45.9 Å². The topological polar surface area (TPSA) is 26.0 Å². The fraction of sp³-hybridized carbons (Fsp3) is 0.167. The number of thiophene rings is 1. The highest BCUT2D eigenvalue weighted by atomic mass is 32.1. The van der Waals surface area contributed by atoms with Gasteiger partial charge in [0.2, 0.25) is 0 Å². The standard InChI is InChI=1S/C12H12FNS/c1-8-4-11(7-15-8)9-2-3-12(13)10(5-9)6-14/h2-5,7H,6,14H2,1H3. The molecule has 1 nitrogen and oxygen atoms in total. The van der Waals surface area contributed by atoms with E-state index >= 15 is 0 Å². The third-order valence-corrected chi connectivity index (χ3v) is 3.19. The fourth-order valence-electron chi connectivity index (χ4n) is 1.51. The number of hydrogen-bond acceptors (Lipinski definition) is 2. The van der Waals surface area contributed by atoms with Gasteiger partial charge in [-0.05, 0) is 41.6 Å². The summed E-state index contributed by atoms with van der Waals surface area (Å²) in [6, 6.07) is 7.18. The van der Waals surface area contributed by atoms with Crippen molar-refractivity contribution in [1.82, 2.24) is 0 Å². The monoisotopic (exact) mass is 221 g/mol. The Hall–Kier alpha value is -1.19. The van der Waals surface area contributed by atoms with Crippen molar-refractivity contribution in [2.24, 2.45) is 5.73 Å². The normalized spacial score (nSPS) is 10.6. The van der Waals surface area contributed by atoms with Crippen molar-refractivity contribution in [2.45, 2.75) is 13.5 Å². The molecule has 2 rings (SSSR count). The van der Waals surface area contributed by atoms with E-state index in [4.69, 9.17) is 5.73 Å².